The summed E-state index contributed by atoms with van der Waals surface area (Å²) in [5, 5.41) is 19.0. The maximum atomic E-state index is 11.4. The molecule has 1 N–H and O–H groups in total. The van der Waals surface area contributed by atoms with Gasteiger partial charge in [-0.25, -0.2) is 4.68 Å². The van der Waals surface area contributed by atoms with E-state index in [1.54, 1.807) is 18.7 Å². The molecule has 2 heterocycles. The van der Waals surface area contributed by atoms with Gasteiger partial charge in [-0.3, -0.25) is 15.0 Å². The highest BCUT2D eigenvalue weighted by Crippen LogP contribution is 2.31. The van der Waals surface area contributed by atoms with Crippen molar-refractivity contribution in [2.75, 3.05) is 38.2 Å². The Labute approximate surface area is 146 Å². The number of benzene rings is 1. The fourth-order valence-corrected chi connectivity index (χ4v) is 3.15. The number of ether oxygens (including phenoxy) is 1. The molecule has 1 atom stereocenters. The molecule has 3 rings (SSSR count). The van der Waals surface area contributed by atoms with Crippen LogP contribution in [0.5, 0.6) is 0 Å². The van der Waals surface area contributed by atoms with Gasteiger partial charge in [0.05, 0.1) is 24.2 Å². The second-order valence-corrected chi connectivity index (χ2v) is 6.18. The Morgan fingerprint density at radius 3 is 2.64 bits per heavy atom. The third-order valence-electron chi connectivity index (χ3n) is 4.43. The third kappa shape index (κ3) is 3.97. The van der Waals surface area contributed by atoms with Gasteiger partial charge in [0.2, 0.25) is 5.82 Å². The number of nitrogens with zero attached hydrogens (tertiary/aromatic N) is 4. The smallest absolute Gasteiger partial charge is 0.333 e. The van der Waals surface area contributed by atoms with Gasteiger partial charge >= 0.3 is 5.69 Å². The van der Waals surface area contributed by atoms with Crippen molar-refractivity contribution in [1.82, 2.24) is 14.7 Å². The molecular weight excluding hydrogens is 322 g/mol. The van der Waals surface area contributed by atoms with E-state index in [-0.39, 0.29) is 16.7 Å². The first-order chi connectivity index (χ1) is 12.1. The molecule has 0 saturated carbocycles. The van der Waals surface area contributed by atoms with Gasteiger partial charge in [0, 0.05) is 26.7 Å². The van der Waals surface area contributed by atoms with Crippen molar-refractivity contribution in [3.05, 3.63) is 51.7 Å². The lowest BCUT2D eigenvalue weighted by Gasteiger charge is -2.31. The fourth-order valence-electron chi connectivity index (χ4n) is 3.15. The molecule has 1 aliphatic heterocycles. The number of nitrogens with one attached hydrogen (secondary N) is 1. The first kappa shape index (κ1) is 17.4. The predicted octanol–water partition coefficient (Wildman–Crippen LogP) is 2.12. The van der Waals surface area contributed by atoms with Crippen molar-refractivity contribution < 1.29 is 9.66 Å². The summed E-state index contributed by atoms with van der Waals surface area (Å²) in [7, 11) is 1.72. The van der Waals surface area contributed by atoms with Crippen LogP contribution in [0.25, 0.3) is 0 Å². The Kier molecular flexibility index (Phi) is 5.30. The lowest BCUT2D eigenvalue weighted by Crippen LogP contribution is -2.40. The van der Waals surface area contributed by atoms with Gasteiger partial charge in [-0.05, 0) is 12.5 Å². The van der Waals surface area contributed by atoms with Crippen LogP contribution in [0.15, 0.2) is 30.3 Å². The van der Waals surface area contributed by atoms with Crippen LogP contribution in [-0.2, 0) is 11.8 Å². The van der Waals surface area contributed by atoms with Gasteiger partial charge in [-0.2, -0.15) is 5.10 Å². The Balaban J connectivity index is 1.89. The highest BCUT2D eigenvalue weighted by molar-refractivity contribution is 5.60. The normalized spacial score (nSPS) is 16.6. The summed E-state index contributed by atoms with van der Waals surface area (Å²) >= 11 is 0. The van der Waals surface area contributed by atoms with E-state index in [2.05, 4.69) is 15.3 Å². The Morgan fingerprint density at radius 2 is 2.00 bits per heavy atom. The van der Waals surface area contributed by atoms with Crippen LogP contribution < -0.4 is 5.32 Å². The lowest BCUT2D eigenvalue weighted by atomic mass is 10.1. The van der Waals surface area contributed by atoms with Gasteiger partial charge in [-0.15, -0.1) is 0 Å². The highest BCUT2D eigenvalue weighted by Gasteiger charge is 2.27. The van der Waals surface area contributed by atoms with E-state index < -0.39 is 0 Å². The fraction of sp³-hybridized carbons (Fsp3) is 0.471. The first-order valence-corrected chi connectivity index (χ1v) is 8.36. The van der Waals surface area contributed by atoms with E-state index in [0.29, 0.717) is 24.7 Å². The lowest BCUT2D eigenvalue weighted by molar-refractivity contribution is -0.384. The maximum Gasteiger partial charge on any atom is 0.333 e. The monoisotopic (exact) mass is 345 g/mol. The summed E-state index contributed by atoms with van der Waals surface area (Å²) in [4.78, 5) is 13.4. The number of aromatic nitrogens is 2. The Bertz CT molecular complexity index is 725. The van der Waals surface area contributed by atoms with Crippen LogP contribution in [0.3, 0.4) is 0 Å². The molecule has 2 aromatic rings. The second kappa shape index (κ2) is 7.62. The molecular formula is C17H23N5O3. The Morgan fingerprint density at radius 1 is 1.32 bits per heavy atom. The van der Waals surface area contributed by atoms with E-state index in [9.17, 15) is 10.1 Å². The standard InChI is InChI=1S/C17H23N5O3/c1-13-16(22(23)24)17(20(2)19-13)18-15(14-6-4-3-5-7-14)12-21-8-10-25-11-9-21/h3-7,15,18H,8-12H2,1-2H3/t15-/m0/s1. The topological polar surface area (TPSA) is 85.5 Å². The zero-order valence-electron chi connectivity index (χ0n) is 14.5. The van der Waals surface area contributed by atoms with Crippen molar-refractivity contribution in [1.29, 1.82) is 0 Å². The molecule has 1 saturated heterocycles. The van der Waals surface area contributed by atoms with Crippen LogP contribution in [0, 0.1) is 17.0 Å². The number of morpholine rings is 1. The summed E-state index contributed by atoms with van der Waals surface area (Å²) in [6.07, 6.45) is 0. The van der Waals surface area contributed by atoms with Crippen LogP contribution in [-0.4, -0.2) is 52.5 Å². The largest absolute Gasteiger partial charge is 0.379 e. The summed E-state index contributed by atoms with van der Waals surface area (Å²) in [6, 6.07) is 9.91. The minimum Gasteiger partial charge on any atom is -0.379 e. The molecule has 1 aromatic heterocycles. The van der Waals surface area contributed by atoms with Gasteiger partial charge < -0.3 is 10.1 Å². The van der Waals surface area contributed by atoms with Crippen LogP contribution in [0.2, 0.25) is 0 Å². The minimum absolute atomic E-state index is 0.0328. The van der Waals surface area contributed by atoms with E-state index >= 15 is 0 Å². The number of hydrogen-bond donors (Lipinski definition) is 1. The van der Waals surface area contributed by atoms with Gasteiger partial charge in [-0.1, -0.05) is 30.3 Å². The van der Waals surface area contributed by atoms with E-state index in [1.165, 1.54) is 0 Å². The maximum absolute atomic E-state index is 11.4. The molecule has 0 bridgehead atoms. The highest BCUT2D eigenvalue weighted by atomic mass is 16.6. The molecule has 0 amide bonds. The number of hydrogen-bond acceptors (Lipinski definition) is 6. The predicted molar refractivity (Wildman–Crippen MR) is 94.7 cm³/mol. The van der Waals surface area contributed by atoms with Gasteiger partial charge in [0.15, 0.2) is 0 Å². The number of aryl methyl sites for hydroxylation is 2. The molecule has 134 valence electrons. The van der Waals surface area contributed by atoms with Crippen molar-refractivity contribution in [2.45, 2.75) is 13.0 Å². The van der Waals surface area contributed by atoms with Crippen molar-refractivity contribution in [3.63, 3.8) is 0 Å². The Hall–Kier alpha value is -2.45. The van der Waals surface area contributed by atoms with Crippen molar-refractivity contribution in [3.8, 4) is 0 Å². The second-order valence-electron chi connectivity index (χ2n) is 6.18. The molecule has 0 spiro atoms. The first-order valence-electron chi connectivity index (χ1n) is 8.36. The molecule has 0 unspecified atom stereocenters. The zero-order chi connectivity index (χ0) is 17.8. The molecule has 8 heteroatoms. The molecule has 1 aromatic carbocycles. The summed E-state index contributed by atoms with van der Waals surface area (Å²) in [5.74, 6) is 0.435. The number of rotatable bonds is 6. The van der Waals surface area contributed by atoms with E-state index in [1.807, 2.05) is 30.3 Å². The molecule has 0 aliphatic carbocycles. The van der Waals surface area contributed by atoms with Crippen molar-refractivity contribution in [2.24, 2.45) is 7.05 Å². The van der Waals surface area contributed by atoms with Crippen LogP contribution >= 0.6 is 0 Å². The average Bonchev–Trinajstić information content (AvgIpc) is 2.89. The molecule has 8 nitrogen and oxygen atoms in total. The van der Waals surface area contributed by atoms with E-state index in [0.717, 1.165) is 25.2 Å². The molecule has 25 heavy (non-hydrogen) atoms. The summed E-state index contributed by atoms with van der Waals surface area (Å²) < 4.78 is 6.96. The van der Waals surface area contributed by atoms with Crippen LogP contribution in [0.4, 0.5) is 11.5 Å². The molecule has 0 radical (unpaired) electrons. The molecule has 1 fully saturated rings. The molecule has 1 aliphatic rings. The number of anilines is 1. The van der Waals surface area contributed by atoms with Gasteiger partial charge in [0.1, 0.15) is 5.69 Å². The summed E-state index contributed by atoms with van der Waals surface area (Å²) in [6.45, 7) is 5.55. The quantitative estimate of drug-likeness (QED) is 0.638. The number of nitro groups is 1. The third-order valence-corrected chi connectivity index (χ3v) is 4.43. The van der Waals surface area contributed by atoms with Gasteiger partial charge in [0.25, 0.3) is 0 Å². The summed E-state index contributed by atoms with van der Waals surface area (Å²) in [5.41, 5.74) is 1.53. The van der Waals surface area contributed by atoms with Crippen molar-refractivity contribution >= 4 is 11.5 Å². The zero-order valence-corrected chi connectivity index (χ0v) is 14.5. The SMILES string of the molecule is Cc1nn(C)c(N[C@@H](CN2CCOCC2)c2ccccc2)c1[N+](=O)[O-]. The van der Waals surface area contributed by atoms with Crippen LogP contribution in [0.1, 0.15) is 17.3 Å². The average molecular weight is 345 g/mol. The van der Waals surface area contributed by atoms with E-state index in [4.69, 9.17) is 4.74 Å². The minimum atomic E-state index is -0.374.